The molecule has 0 bridgehead atoms. The number of rotatable bonds is 3. The monoisotopic (exact) mass is 361 g/mol. The Balaban J connectivity index is 1.61. The lowest BCUT2D eigenvalue weighted by molar-refractivity contribution is 0.173. The largest absolute Gasteiger partial charge is 0.454 e. The standard InChI is InChI=1S/C13H16BrNO4S/c14-11-5-9(6-12-13(11)19-8-18-12)7-15-10-1-3-20(16,17)4-2-10/h5-6,10,15H,1-4,7-8H2. The Morgan fingerprint density at radius 2 is 2.00 bits per heavy atom. The van der Waals surface area contributed by atoms with Crippen LogP contribution in [0, 0.1) is 0 Å². The fraction of sp³-hybridized carbons (Fsp3) is 0.538. The second-order valence-electron chi connectivity index (χ2n) is 5.12. The zero-order valence-corrected chi connectivity index (χ0v) is 13.3. The summed E-state index contributed by atoms with van der Waals surface area (Å²) in [7, 11) is -2.80. The summed E-state index contributed by atoms with van der Waals surface area (Å²) in [6, 6.07) is 4.22. The van der Waals surface area contributed by atoms with Crippen LogP contribution in [0.25, 0.3) is 0 Å². The fourth-order valence-corrected chi connectivity index (χ4v) is 4.57. The molecule has 0 aromatic heterocycles. The van der Waals surface area contributed by atoms with Crippen LogP contribution in [0.4, 0.5) is 0 Å². The number of ether oxygens (including phenoxy) is 2. The minimum absolute atomic E-state index is 0.255. The summed E-state index contributed by atoms with van der Waals surface area (Å²) in [5.74, 6) is 2.07. The maximum Gasteiger partial charge on any atom is 0.231 e. The second-order valence-corrected chi connectivity index (χ2v) is 8.28. The van der Waals surface area contributed by atoms with Gasteiger partial charge in [-0.2, -0.15) is 0 Å². The van der Waals surface area contributed by atoms with Gasteiger partial charge >= 0.3 is 0 Å². The Bertz CT molecular complexity index is 603. The van der Waals surface area contributed by atoms with Crippen LogP contribution in [0.15, 0.2) is 16.6 Å². The third-order valence-electron chi connectivity index (χ3n) is 3.64. The van der Waals surface area contributed by atoms with Gasteiger partial charge in [0.05, 0.1) is 16.0 Å². The summed E-state index contributed by atoms with van der Waals surface area (Å²) < 4.78 is 34.4. The molecule has 1 fully saturated rings. The zero-order valence-electron chi connectivity index (χ0n) is 10.9. The Labute approximate surface area is 126 Å². The SMILES string of the molecule is O=S1(=O)CCC(NCc2cc(Br)c3c(c2)OCO3)CC1. The van der Waals surface area contributed by atoms with E-state index in [2.05, 4.69) is 21.2 Å². The van der Waals surface area contributed by atoms with E-state index in [9.17, 15) is 8.42 Å². The van der Waals surface area contributed by atoms with Crippen LogP contribution in [0.5, 0.6) is 11.5 Å². The first-order valence-corrected chi connectivity index (χ1v) is 9.17. The van der Waals surface area contributed by atoms with Gasteiger partial charge in [-0.1, -0.05) is 0 Å². The van der Waals surface area contributed by atoms with Crippen LogP contribution >= 0.6 is 15.9 Å². The Hall–Kier alpha value is -0.790. The summed E-state index contributed by atoms with van der Waals surface area (Å²) in [5.41, 5.74) is 1.09. The first kappa shape index (κ1) is 14.2. The van der Waals surface area contributed by atoms with Gasteiger partial charge in [0, 0.05) is 12.6 Å². The van der Waals surface area contributed by atoms with Crippen molar-refractivity contribution in [2.45, 2.75) is 25.4 Å². The molecule has 3 rings (SSSR count). The van der Waals surface area contributed by atoms with E-state index >= 15 is 0 Å². The first-order valence-electron chi connectivity index (χ1n) is 6.55. The number of fused-ring (bicyclic) bond motifs is 1. The zero-order chi connectivity index (χ0) is 14.2. The summed E-state index contributed by atoms with van der Waals surface area (Å²) >= 11 is 3.47. The highest BCUT2D eigenvalue weighted by atomic mass is 79.9. The molecule has 1 saturated heterocycles. The topological polar surface area (TPSA) is 64.6 Å². The molecule has 0 spiro atoms. The van der Waals surface area contributed by atoms with Crippen LogP contribution in [-0.2, 0) is 16.4 Å². The van der Waals surface area contributed by atoms with Crippen LogP contribution in [0.3, 0.4) is 0 Å². The van der Waals surface area contributed by atoms with E-state index in [0.29, 0.717) is 19.4 Å². The molecular weight excluding hydrogens is 346 g/mol. The molecule has 7 heteroatoms. The van der Waals surface area contributed by atoms with Crippen molar-refractivity contribution < 1.29 is 17.9 Å². The number of sulfone groups is 1. The first-order chi connectivity index (χ1) is 9.53. The molecule has 0 unspecified atom stereocenters. The van der Waals surface area contributed by atoms with Gasteiger partial charge in [0.1, 0.15) is 9.84 Å². The minimum atomic E-state index is -2.80. The number of halogens is 1. The Morgan fingerprint density at radius 3 is 2.75 bits per heavy atom. The van der Waals surface area contributed by atoms with Gasteiger partial charge in [-0.05, 0) is 46.5 Å². The predicted octanol–water partition coefficient (Wildman–Crippen LogP) is 1.84. The molecule has 1 aromatic rings. The van der Waals surface area contributed by atoms with Crippen molar-refractivity contribution in [1.82, 2.24) is 5.32 Å². The van der Waals surface area contributed by atoms with Gasteiger partial charge < -0.3 is 14.8 Å². The molecule has 5 nitrogen and oxygen atoms in total. The van der Waals surface area contributed by atoms with E-state index < -0.39 is 9.84 Å². The molecule has 0 radical (unpaired) electrons. The van der Waals surface area contributed by atoms with Crippen molar-refractivity contribution in [1.29, 1.82) is 0 Å². The van der Waals surface area contributed by atoms with Gasteiger partial charge in [0.25, 0.3) is 0 Å². The lowest BCUT2D eigenvalue weighted by Crippen LogP contribution is -2.37. The molecule has 1 aromatic carbocycles. The lowest BCUT2D eigenvalue weighted by atomic mass is 10.1. The average Bonchev–Trinajstić information content (AvgIpc) is 2.86. The number of hydrogen-bond donors (Lipinski definition) is 1. The molecule has 20 heavy (non-hydrogen) atoms. The van der Waals surface area contributed by atoms with Crippen LogP contribution in [-0.4, -0.2) is 32.8 Å². The summed E-state index contributed by atoms with van der Waals surface area (Å²) in [6.07, 6.45) is 1.38. The van der Waals surface area contributed by atoms with Crippen molar-refractivity contribution in [3.05, 3.63) is 22.2 Å². The highest BCUT2D eigenvalue weighted by molar-refractivity contribution is 9.10. The van der Waals surface area contributed by atoms with Crippen molar-refractivity contribution >= 4 is 25.8 Å². The van der Waals surface area contributed by atoms with Gasteiger partial charge in [0.15, 0.2) is 11.5 Å². The molecule has 2 heterocycles. The van der Waals surface area contributed by atoms with E-state index in [1.165, 1.54) is 0 Å². The predicted molar refractivity (Wildman–Crippen MR) is 78.8 cm³/mol. The van der Waals surface area contributed by atoms with E-state index in [4.69, 9.17) is 9.47 Å². The second kappa shape index (κ2) is 5.54. The molecule has 110 valence electrons. The van der Waals surface area contributed by atoms with Crippen LogP contribution in [0.1, 0.15) is 18.4 Å². The minimum Gasteiger partial charge on any atom is -0.454 e. The van der Waals surface area contributed by atoms with E-state index in [0.717, 1.165) is 21.5 Å². The molecule has 2 aliphatic rings. The highest BCUT2D eigenvalue weighted by Crippen LogP contribution is 2.39. The van der Waals surface area contributed by atoms with Gasteiger partial charge in [-0.3, -0.25) is 0 Å². The molecular formula is C13H16BrNO4S. The maximum absolute atomic E-state index is 11.4. The average molecular weight is 362 g/mol. The third kappa shape index (κ3) is 3.10. The van der Waals surface area contributed by atoms with Crippen molar-refractivity contribution in [2.24, 2.45) is 0 Å². The van der Waals surface area contributed by atoms with Crippen molar-refractivity contribution in [3.8, 4) is 11.5 Å². The number of benzene rings is 1. The van der Waals surface area contributed by atoms with Gasteiger partial charge in [0.2, 0.25) is 6.79 Å². The highest BCUT2D eigenvalue weighted by Gasteiger charge is 2.23. The van der Waals surface area contributed by atoms with Crippen LogP contribution in [0.2, 0.25) is 0 Å². The molecule has 0 saturated carbocycles. The smallest absolute Gasteiger partial charge is 0.231 e. The quantitative estimate of drug-likeness (QED) is 0.889. The molecule has 2 aliphatic heterocycles. The summed E-state index contributed by atoms with van der Waals surface area (Å²) in [5, 5.41) is 3.41. The van der Waals surface area contributed by atoms with E-state index in [1.54, 1.807) is 0 Å². The lowest BCUT2D eigenvalue weighted by Gasteiger charge is -2.23. The van der Waals surface area contributed by atoms with E-state index in [-0.39, 0.29) is 24.3 Å². The molecule has 0 amide bonds. The summed E-state index contributed by atoms with van der Waals surface area (Å²) in [6.45, 7) is 0.950. The summed E-state index contributed by atoms with van der Waals surface area (Å²) in [4.78, 5) is 0. The Kier molecular flexibility index (Phi) is 3.92. The Morgan fingerprint density at radius 1 is 1.25 bits per heavy atom. The number of nitrogens with one attached hydrogen (secondary N) is 1. The molecule has 1 N–H and O–H groups in total. The third-order valence-corrected chi connectivity index (χ3v) is 5.94. The molecule has 0 atom stereocenters. The maximum atomic E-state index is 11.4. The van der Waals surface area contributed by atoms with Crippen molar-refractivity contribution in [2.75, 3.05) is 18.3 Å². The van der Waals surface area contributed by atoms with Gasteiger partial charge in [-0.15, -0.1) is 0 Å². The van der Waals surface area contributed by atoms with Crippen molar-refractivity contribution in [3.63, 3.8) is 0 Å². The fourth-order valence-electron chi connectivity index (χ4n) is 2.48. The molecule has 0 aliphatic carbocycles. The van der Waals surface area contributed by atoms with Gasteiger partial charge in [-0.25, -0.2) is 8.42 Å². The van der Waals surface area contributed by atoms with E-state index in [1.807, 2.05) is 12.1 Å². The van der Waals surface area contributed by atoms with Crippen LogP contribution < -0.4 is 14.8 Å². The normalized spacial score (nSPS) is 21.1. The number of hydrogen-bond acceptors (Lipinski definition) is 5.